The molecule has 0 saturated carbocycles. The third-order valence-electron chi connectivity index (χ3n) is 4.44. The van der Waals surface area contributed by atoms with E-state index in [-0.39, 0.29) is 18.1 Å². The lowest BCUT2D eigenvalue weighted by molar-refractivity contribution is -0.385. The van der Waals surface area contributed by atoms with Gasteiger partial charge in [0.2, 0.25) is 5.91 Å². The Labute approximate surface area is 144 Å². The topological polar surface area (TPSA) is 107 Å². The number of anilines is 1. The van der Waals surface area contributed by atoms with Gasteiger partial charge in [-0.2, -0.15) is 0 Å². The van der Waals surface area contributed by atoms with Gasteiger partial charge in [-0.05, 0) is 37.1 Å². The van der Waals surface area contributed by atoms with Crippen LogP contribution in [0.5, 0.6) is 0 Å². The van der Waals surface area contributed by atoms with Crippen molar-refractivity contribution in [3.8, 4) is 0 Å². The molecule has 7 heteroatoms. The van der Waals surface area contributed by atoms with Crippen LogP contribution >= 0.6 is 0 Å². The zero-order valence-electron chi connectivity index (χ0n) is 13.6. The monoisotopic (exact) mass is 339 g/mol. The molecule has 3 rings (SSSR count). The molecule has 1 heterocycles. The number of para-hydroxylation sites is 1. The minimum atomic E-state index is -0.483. The molecule has 1 atom stereocenters. The Hall–Kier alpha value is -3.22. The summed E-state index contributed by atoms with van der Waals surface area (Å²) in [5.41, 5.74) is 7.78. The van der Waals surface area contributed by atoms with Crippen molar-refractivity contribution in [2.75, 3.05) is 11.4 Å². The number of nitrogens with zero attached hydrogens (tertiary/aromatic N) is 2. The maximum atomic E-state index is 13.0. The van der Waals surface area contributed by atoms with E-state index in [1.165, 1.54) is 23.1 Å². The number of carbonyl (C=O) groups is 2. The van der Waals surface area contributed by atoms with Crippen LogP contribution in [0.4, 0.5) is 11.4 Å². The lowest BCUT2D eigenvalue weighted by atomic mass is 9.91. The van der Waals surface area contributed by atoms with Gasteiger partial charge in [-0.15, -0.1) is 0 Å². The van der Waals surface area contributed by atoms with E-state index in [4.69, 9.17) is 5.73 Å². The number of rotatable bonds is 3. The molecule has 128 valence electrons. The second kappa shape index (κ2) is 6.35. The summed E-state index contributed by atoms with van der Waals surface area (Å²) in [5, 5.41) is 10.9. The van der Waals surface area contributed by atoms with Crippen LogP contribution in [0.15, 0.2) is 42.5 Å². The normalized spacial score (nSPS) is 16.2. The molecule has 2 N–H and O–H groups in total. The van der Waals surface area contributed by atoms with E-state index < -0.39 is 16.7 Å². The molecule has 1 aliphatic heterocycles. The summed E-state index contributed by atoms with van der Waals surface area (Å²) >= 11 is 0. The Bertz CT molecular complexity index is 878. The van der Waals surface area contributed by atoms with E-state index in [1.54, 1.807) is 6.92 Å². The van der Waals surface area contributed by atoms with Crippen LogP contribution in [-0.2, 0) is 11.2 Å². The number of benzene rings is 2. The van der Waals surface area contributed by atoms with E-state index in [0.717, 1.165) is 11.3 Å². The van der Waals surface area contributed by atoms with Crippen molar-refractivity contribution >= 4 is 23.2 Å². The summed E-state index contributed by atoms with van der Waals surface area (Å²) < 4.78 is 0. The zero-order chi connectivity index (χ0) is 18.1. The molecule has 0 bridgehead atoms. The Morgan fingerprint density at radius 2 is 1.96 bits per heavy atom. The number of hydrogen-bond acceptors (Lipinski definition) is 4. The number of carbonyl (C=O) groups excluding carboxylic acids is 2. The van der Waals surface area contributed by atoms with Gasteiger partial charge in [0, 0.05) is 29.4 Å². The summed E-state index contributed by atoms with van der Waals surface area (Å²) in [6, 6.07) is 11.6. The van der Waals surface area contributed by atoms with Crippen molar-refractivity contribution in [2.45, 2.75) is 13.3 Å². The number of aryl methyl sites for hydroxylation is 1. The van der Waals surface area contributed by atoms with Crippen LogP contribution in [-0.4, -0.2) is 23.3 Å². The van der Waals surface area contributed by atoms with Crippen molar-refractivity contribution < 1.29 is 14.5 Å². The fourth-order valence-corrected chi connectivity index (χ4v) is 3.13. The molecular formula is C18H17N3O4. The molecule has 7 nitrogen and oxygen atoms in total. The van der Waals surface area contributed by atoms with Crippen LogP contribution in [0.3, 0.4) is 0 Å². The summed E-state index contributed by atoms with van der Waals surface area (Å²) in [5.74, 6) is -1.22. The number of nitro groups is 1. The molecular weight excluding hydrogens is 322 g/mol. The highest BCUT2D eigenvalue weighted by atomic mass is 16.6. The van der Waals surface area contributed by atoms with Gasteiger partial charge in [-0.1, -0.05) is 18.2 Å². The van der Waals surface area contributed by atoms with Crippen LogP contribution in [0.25, 0.3) is 0 Å². The smallest absolute Gasteiger partial charge is 0.272 e. The SMILES string of the molecule is Cc1cc(C(=O)N2C[C@@H](C(N)=O)Cc3ccccc32)ccc1[N+](=O)[O-]. The Morgan fingerprint density at radius 3 is 2.60 bits per heavy atom. The number of primary amides is 1. The molecule has 0 spiro atoms. The predicted molar refractivity (Wildman–Crippen MR) is 92.3 cm³/mol. The van der Waals surface area contributed by atoms with Gasteiger partial charge in [0.15, 0.2) is 0 Å². The number of nitrogens with two attached hydrogens (primary N) is 1. The first-order valence-electron chi connectivity index (χ1n) is 7.82. The molecule has 0 aromatic heterocycles. The highest BCUT2D eigenvalue weighted by molar-refractivity contribution is 6.07. The average molecular weight is 339 g/mol. The quantitative estimate of drug-likeness (QED) is 0.683. The van der Waals surface area contributed by atoms with Crippen molar-refractivity contribution in [3.05, 3.63) is 69.3 Å². The Morgan fingerprint density at radius 1 is 1.24 bits per heavy atom. The molecule has 2 aromatic rings. The average Bonchev–Trinajstić information content (AvgIpc) is 2.59. The first-order valence-corrected chi connectivity index (χ1v) is 7.82. The van der Waals surface area contributed by atoms with Crippen molar-refractivity contribution in [3.63, 3.8) is 0 Å². The second-order valence-corrected chi connectivity index (χ2v) is 6.11. The number of hydrogen-bond donors (Lipinski definition) is 1. The maximum Gasteiger partial charge on any atom is 0.272 e. The van der Waals surface area contributed by atoms with Gasteiger partial charge in [0.1, 0.15) is 0 Å². The second-order valence-electron chi connectivity index (χ2n) is 6.11. The lowest BCUT2D eigenvalue weighted by Gasteiger charge is -2.33. The van der Waals surface area contributed by atoms with Gasteiger partial charge in [-0.3, -0.25) is 19.7 Å². The molecule has 1 aliphatic rings. The Balaban J connectivity index is 2.00. The molecule has 0 unspecified atom stereocenters. The lowest BCUT2D eigenvalue weighted by Crippen LogP contribution is -2.44. The maximum absolute atomic E-state index is 13.0. The highest BCUT2D eigenvalue weighted by Gasteiger charge is 2.32. The van der Waals surface area contributed by atoms with Crippen LogP contribution < -0.4 is 10.6 Å². The van der Waals surface area contributed by atoms with Crippen LogP contribution in [0.2, 0.25) is 0 Å². The van der Waals surface area contributed by atoms with Crippen molar-refractivity contribution in [1.82, 2.24) is 0 Å². The molecule has 0 saturated heterocycles. The van der Waals surface area contributed by atoms with Gasteiger partial charge in [0.05, 0.1) is 10.8 Å². The summed E-state index contributed by atoms with van der Waals surface area (Å²) in [4.78, 5) is 36.6. The highest BCUT2D eigenvalue weighted by Crippen LogP contribution is 2.31. The van der Waals surface area contributed by atoms with E-state index in [0.29, 0.717) is 17.5 Å². The van der Waals surface area contributed by atoms with Gasteiger partial charge in [0.25, 0.3) is 11.6 Å². The van der Waals surface area contributed by atoms with Crippen molar-refractivity contribution in [1.29, 1.82) is 0 Å². The number of fused-ring (bicyclic) bond motifs is 1. The zero-order valence-corrected chi connectivity index (χ0v) is 13.6. The molecule has 0 fully saturated rings. The number of amides is 2. The number of nitro benzene ring substituents is 1. The first-order chi connectivity index (χ1) is 11.9. The molecule has 2 aromatic carbocycles. The largest absolute Gasteiger partial charge is 0.369 e. The first kappa shape index (κ1) is 16.6. The van der Waals surface area contributed by atoms with Gasteiger partial charge in [-0.25, -0.2) is 0 Å². The molecule has 25 heavy (non-hydrogen) atoms. The molecule has 0 aliphatic carbocycles. The summed E-state index contributed by atoms with van der Waals surface area (Å²) in [6.45, 7) is 1.78. The predicted octanol–water partition coefficient (Wildman–Crippen LogP) is 2.21. The summed E-state index contributed by atoms with van der Waals surface area (Å²) in [7, 11) is 0. The van der Waals surface area contributed by atoms with E-state index in [2.05, 4.69) is 0 Å². The summed E-state index contributed by atoms with van der Waals surface area (Å²) in [6.07, 6.45) is 0.495. The van der Waals surface area contributed by atoms with Crippen LogP contribution in [0, 0.1) is 23.0 Å². The van der Waals surface area contributed by atoms with Crippen LogP contribution in [0.1, 0.15) is 21.5 Å². The van der Waals surface area contributed by atoms with E-state index in [9.17, 15) is 19.7 Å². The Kier molecular flexibility index (Phi) is 4.22. The van der Waals surface area contributed by atoms with E-state index >= 15 is 0 Å². The minimum Gasteiger partial charge on any atom is -0.369 e. The van der Waals surface area contributed by atoms with E-state index in [1.807, 2.05) is 24.3 Å². The third kappa shape index (κ3) is 3.08. The molecule has 2 amide bonds. The minimum absolute atomic E-state index is 0.0365. The fraction of sp³-hybridized carbons (Fsp3) is 0.222. The standard InChI is InChI=1S/C18H17N3O4/c1-11-8-13(6-7-15(11)21(24)25)18(23)20-10-14(17(19)22)9-12-4-2-3-5-16(12)20/h2-8,14H,9-10H2,1H3,(H2,19,22)/t14-/m0/s1. The fourth-order valence-electron chi connectivity index (χ4n) is 3.13. The van der Waals surface area contributed by atoms with Gasteiger partial charge < -0.3 is 10.6 Å². The van der Waals surface area contributed by atoms with Gasteiger partial charge >= 0.3 is 0 Å². The third-order valence-corrected chi connectivity index (χ3v) is 4.44. The molecule has 0 radical (unpaired) electrons. The van der Waals surface area contributed by atoms with Crippen molar-refractivity contribution in [2.24, 2.45) is 11.7 Å².